The average Bonchev–Trinajstić information content (AvgIpc) is 2.52. The molecule has 0 fully saturated rings. The van der Waals surface area contributed by atoms with E-state index in [1.165, 1.54) is 5.56 Å². The summed E-state index contributed by atoms with van der Waals surface area (Å²) in [6.45, 7) is 1.70. The van der Waals surface area contributed by atoms with Gasteiger partial charge in [0.15, 0.2) is 0 Å². The monoisotopic (exact) mass is 362 g/mol. The van der Waals surface area contributed by atoms with E-state index in [0.29, 0.717) is 0 Å². The minimum Gasteiger partial charge on any atom is -0.496 e. The molecule has 22 heavy (non-hydrogen) atoms. The molecule has 1 unspecified atom stereocenters. The van der Waals surface area contributed by atoms with Gasteiger partial charge >= 0.3 is 0 Å². The number of likely N-dealkylation sites (N-methyl/N-ethyl adjacent to an activating group) is 1. The number of nitrogens with one attached hydrogen (secondary N) is 1. The molecule has 118 valence electrons. The quantitative estimate of drug-likeness (QED) is 0.809. The number of halogens is 1. The molecule has 0 heterocycles. The Balaban J connectivity index is 2.13. The Kier molecular flexibility index (Phi) is 6.43. The second-order valence-electron chi connectivity index (χ2n) is 5.56. The molecule has 4 heteroatoms. The van der Waals surface area contributed by atoms with Crippen LogP contribution in [-0.4, -0.2) is 32.6 Å². The molecule has 0 aromatic heterocycles. The third-order valence-electron chi connectivity index (χ3n) is 3.53. The summed E-state index contributed by atoms with van der Waals surface area (Å²) in [5.41, 5.74) is 2.45. The van der Waals surface area contributed by atoms with E-state index in [0.717, 1.165) is 28.9 Å². The molecule has 0 spiro atoms. The van der Waals surface area contributed by atoms with Gasteiger partial charge in [-0.1, -0.05) is 46.3 Å². The van der Waals surface area contributed by atoms with Gasteiger partial charge in [0.1, 0.15) is 5.75 Å². The summed E-state index contributed by atoms with van der Waals surface area (Å²) in [5, 5.41) is 3.64. The molecular formula is C18H23BrN2O. The van der Waals surface area contributed by atoms with Crippen molar-refractivity contribution < 1.29 is 4.74 Å². The zero-order chi connectivity index (χ0) is 15.9. The van der Waals surface area contributed by atoms with Crippen LogP contribution in [0.5, 0.6) is 5.75 Å². The van der Waals surface area contributed by atoms with Crippen molar-refractivity contribution in [2.24, 2.45) is 0 Å². The van der Waals surface area contributed by atoms with E-state index in [9.17, 15) is 0 Å². The SMILES string of the molecule is COc1ccc(Br)cc1CNC(CN(C)C)c1ccccc1. The Morgan fingerprint density at radius 3 is 2.50 bits per heavy atom. The minimum atomic E-state index is 0.278. The first-order chi connectivity index (χ1) is 10.6. The lowest BCUT2D eigenvalue weighted by atomic mass is 10.1. The molecule has 0 aliphatic rings. The molecule has 3 nitrogen and oxygen atoms in total. The molecule has 0 saturated heterocycles. The van der Waals surface area contributed by atoms with Crippen LogP contribution in [-0.2, 0) is 6.54 Å². The van der Waals surface area contributed by atoms with E-state index >= 15 is 0 Å². The van der Waals surface area contributed by atoms with Gasteiger partial charge in [-0.25, -0.2) is 0 Å². The standard InChI is InChI=1S/C18H23BrN2O/c1-21(2)13-17(14-7-5-4-6-8-14)20-12-15-11-16(19)9-10-18(15)22-3/h4-11,17,20H,12-13H2,1-3H3. The Labute approximate surface area is 141 Å². The largest absolute Gasteiger partial charge is 0.496 e. The minimum absolute atomic E-state index is 0.278. The number of nitrogens with zero attached hydrogens (tertiary/aromatic N) is 1. The van der Waals surface area contributed by atoms with Crippen molar-refractivity contribution >= 4 is 15.9 Å². The van der Waals surface area contributed by atoms with Crippen molar-refractivity contribution in [3.8, 4) is 5.75 Å². The number of rotatable bonds is 7. The third kappa shape index (κ3) is 4.83. The van der Waals surface area contributed by atoms with Gasteiger partial charge in [0.05, 0.1) is 7.11 Å². The number of hydrogen-bond donors (Lipinski definition) is 1. The van der Waals surface area contributed by atoms with Crippen LogP contribution >= 0.6 is 15.9 Å². The summed E-state index contributed by atoms with van der Waals surface area (Å²) in [7, 11) is 5.90. The fraction of sp³-hybridized carbons (Fsp3) is 0.333. The first-order valence-electron chi connectivity index (χ1n) is 7.35. The van der Waals surface area contributed by atoms with E-state index in [1.807, 2.05) is 18.2 Å². The van der Waals surface area contributed by atoms with Gasteiger partial charge in [-0.2, -0.15) is 0 Å². The van der Waals surface area contributed by atoms with E-state index in [4.69, 9.17) is 4.74 Å². The average molecular weight is 363 g/mol. The molecule has 2 aromatic rings. The lowest BCUT2D eigenvalue weighted by Gasteiger charge is -2.23. The first-order valence-corrected chi connectivity index (χ1v) is 8.15. The van der Waals surface area contributed by atoms with Gasteiger partial charge < -0.3 is 15.0 Å². The van der Waals surface area contributed by atoms with Gasteiger partial charge in [-0.15, -0.1) is 0 Å². The molecular weight excluding hydrogens is 340 g/mol. The van der Waals surface area contributed by atoms with E-state index in [-0.39, 0.29) is 6.04 Å². The van der Waals surface area contributed by atoms with Crippen molar-refractivity contribution in [2.45, 2.75) is 12.6 Å². The predicted molar refractivity (Wildman–Crippen MR) is 95.3 cm³/mol. The van der Waals surface area contributed by atoms with Crippen molar-refractivity contribution in [3.63, 3.8) is 0 Å². The Morgan fingerprint density at radius 2 is 1.86 bits per heavy atom. The molecule has 1 N–H and O–H groups in total. The highest BCUT2D eigenvalue weighted by Gasteiger charge is 2.13. The van der Waals surface area contributed by atoms with Crippen LogP contribution in [0.1, 0.15) is 17.2 Å². The van der Waals surface area contributed by atoms with E-state index in [2.05, 4.69) is 70.6 Å². The second-order valence-corrected chi connectivity index (χ2v) is 6.48. The van der Waals surface area contributed by atoms with Gasteiger partial charge in [0.2, 0.25) is 0 Å². The molecule has 0 bridgehead atoms. The number of methoxy groups -OCH3 is 1. The highest BCUT2D eigenvalue weighted by Crippen LogP contribution is 2.24. The van der Waals surface area contributed by atoms with Gasteiger partial charge in [0.25, 0.3) is 0 Å². The maximum atomic E-state index is 5.45. The molecule has 1 atom stereocenters. The molecule has 0 radical (unpaired) electrons. The summed E-state index contributed by atoms with van der Waals surface area (Å²) in [5.74, 6) is 0.910. The molecule has 2 rings (SSSR count). The summed E-state index contributed by atoms with van der Waals surface area (Å²) < 4.78 is 6.51. The lowest BCUT2D eigenvalue weighted by molar-refractivity contribution is 0.338. The summed E-state index contributed by atoms with van der Waals surface area (Å²) >= 11 is 3.53. The van der Waals surface area contributed by atoms with Crippen molar-refractivity contribution in [1.82, 2.24) is 10.2 Å². The molecule has 2 aromatic carbocycles. The molecule has 0 saturated carbocycles. The van der Waals surface area contributed by atoms with Gasteiger partial charge in [-0.3, -0.25) is 0 Å². The van der Waals surface area contributed by atoms with Crippen LogP contribution in [0.15, 0.2) is 53.0 Å². The summed E-state index contributed by atoms with van der Waals surface area (Å²) in [6.07, 6.45) is 0. The Hall–Kier alpha value is -1.36. The van der Waals surface area contributed by atoms with Crippen LogP contribution in [0.25, 0.3) is 0 Å². The fourth-order valence-electron chi connectivity index (χ4n) is 2.46. The zero-order valence-corrected chi connectivity index (χ0v) is 14.9. The smallest absolute Gasteiger partial charge is 0.123 e. The van der Waals surface area contributed by atoms with Crippen LogP contribution in [0.2, 0.25) is 0 Å². The number of hydrogen-bond acceptors (Lipinski definition) is 3. The van der Waals surface area contributed by atoms with Crippen LogP contribution in [0.3, 0.4) is 0 Å². The second kappa shape index (κ2) is 8.32. The van der Waals surface area contributed by atoms with Crippen molar-refractivity contribution in [3.05, 3.63) is 64.1 Å². The zero-order valence-electron chi connectivity index (χ0n) is 13.3. The van der Waals surface area contributed by atoms with Crippen LogP contribution in [0, 0.1) is 0 Å². The van der Waals surface area contributed by atoms with Crippen molar-refractivity contribution in [1.29, 1.82) is 0 Å². The third-order valence-corrected chi connectivity index (χ3v) is 4.02. The number of ether oxygens (including phenoxy) is 1. The summed E-state index contributed by atoms with van der Waals surface area (Å²) in [4.78, 5) is 2.20. The molecule has 0 amide bonds. The van der Waals surface area contributed by atoms with Crippen LogP contribution < -0.4 is 10.1 Å². The lowest BCUT2D eigenvalue weighted by Crippen LogP contribution is -2.31. The van der Waals surface area contributed by atoms with Crippen LogP contribution in [0.4, 0.5) is 0 Å². The molecule has 0 aliphatic carbocycles. The Morgan fingerprint density at radius 1 is 1.14 bits per heavy atom. The highest BCUT2D eigenvalue weighted by atomic mass is 79.9. The van der Waals surface area contributed by atoms with Gasteiger partial charge in [-0.05, 0) is 37.9 Å². The predicted octanol–water partition coefficient (Wildman–Crippen LogP) is 3.85. The van der Waals surface area contributed by atoms with E-state index < -0.39 is 0 Å². The molecule has 0 aliphatic heterocycles. The Bertz CT molecular complexity index is 587. The fourth-order valence-corrected chi connectivity index (χ4v) is 2.87. The number of benzene rings is 2. The topological polar surface area (TPSA) is 24.5 Å². The van der Waals surface area contributed by atoms with E-state index in [1.54, 1.807) is 7.11 Å². The maximum absolute atomic E-state index is 5.45. The maximum Gasteiger partial charge on any atom is 0.123 e. The van der Waals surface area contributed by atoms with Gasteiger partial charge in [0, 0.05) is 29.2 Å². The normalized spacial score (nSPS) is 12.4. The summed E-state index contributed by atoms with van der Waals surface area (Å²) in [6, 6.07) is 16.9. The first kappa shape index (κ1) is 17.0. The van der Waals surface area contributed by atoms with Crippen molar-refractivity contribution in [2.75, 3.05) is 27.7 Å². The highest BCUT2D eigenvalue weighted by molar-refractivity contribution is 9.10.